The lowest BCUT2D eigenvalue weighted by molar-refractivity contribution is -0.207. The number of aryl methyl sites for hydroxylation is 1. The van der Waals surface area contributed by atoms with Crippen molar-refractivity contribution >= 4 is 17.9 Å². The summed E-state index contributed by atoms with van der Waals surface area (Å²) in [4.78, 5) is 40.1. The van der Waals surface area contributed by atoms with E-state index in [9.17, 15) is 27.6 Å². The molecule has 10 nitrogen and oxygen atoms in total. The van der Waals surface area contributed by atoms with E-state index in [-0.39, 0.29) is 42.1 Å². The summed E-state index contributed by atoms with van der Waals surface area (Å²) < 4.78 is 55.8. The highest BCUT2D eigenvalue weighted by Crippen LogP contribution is 2.30. The molecule has 1 atom stereocenters. The number of nitrogens with one attached hydrogen (secondary N) is 2. The van der Waals surface area contributed by atoms with E-state index in [0.29, 0.717) is 5.56 Å². The molecule has 35 heavy (non-hydrogen) atoms. The van der Waals surface area contributed by atoms with Gasteiger partial charge in [-0.15, -0.1) is 0 Å². The normalized spacial score (nSPS) is 12.8. The minimum Gasteiger partial charge on any atom is -0.462 e. The molecule has 2 aromatic heterocycles. The van der Waals surface area contributed by atoms with Crippen LogP contribution >= 0.6 is 0 Å². The summed E-state index contributed by atoms with van der Waals surface area (Å²) in [5.41, 5.74) is -0.817. The van der Waals surface area contributed by atoms with Gasteiger partial charge in [0, 0.05) is 25.4 Å². The van der Waals surface area contributed by atoms with E-state index in [4.69, 9.17) is 14.2 Å². The first-order valence-corrected chi connectivity index (χ1v) is 10.8. The van der Waals surface area contributed by atoms with Gasteiger partial charge in [-0.1, -0.05) is 6.92 Å². The molecular formula is C22H29F3N4O6. The quantitative estimate of drug-likeness (QED) is 0.304. The summed E-state index contributed by atoms with van der Waals surface area (Å²) in [6.45, 7) is 7.98. The molecule has 13 heteroatoms. The summed E-state index contributed by atoms with van der Waals surface area (Å²) in [7, 11) is 1.65. The van der Waals surface area contributed by atoms with E-state index in [0.717, 1.165) is 0 Å². The molecule has 0 spiro atoms. The Labute approximate surface area is 200 Å². The van der Waals surface area contributed by atoms with Gasteiger partial charge in [0.15, 0.2) is 6.23 Å². The maximum absolute atomic E-state index is 13.0. The Morgan fingerprint density at radius 3 is 2.31 bits per heavy atom. The lowest BCUT2D eigenvalue weighted by atomic mass is 10.0. The maximum Gasteiger partial charge on any atom is 0.490 e. The zero-order chi connectivity index (χ0) is 26.6. The Balaban J connectivity index is 2.61. The molecule has 0 aliphatic carbocycles. The second-order valence-electron chi connectivity index (χ2n) is 8.53. The fourth-order valence-corrected chi connectivity index (χ4v) is 3.20. The Bertz CT molecular complexity index is 1070. The SMILES string of the molecule is CCOC(=O)c1c(C(NCc2cnn(C)c2)OC(=O)C(F)(F)F)[nH]c(C(=O)OC(C)(C)C)c1CC. The molecule has 2 aromatic rings. The van der Waals surface area contributed by atoms with Crippen LogP contribution in [0.5, 0.6) is 0 Å². The van der Waals surface area contributed by atoms with Gasteiger partial charge in [-0.25, -0.2) is 14.4 Å². The van der Waals surface area contributed by atoms with Gasteiger partial charge in [0.25, 0.3) is 0 Å². The van der Waals surface area contributed by atoms with E-state index in [1.54, 1.807) is 47.9 Å². The van der Waals surface area contributed by atoms with Crippen LogP contribution in [-0.2, 0) is 39.0 Å². The molecule has 2 heterocycles. The first-order valence-electron chi connectivity index (χ1n) is 10.8. The maximum atomic E-state index is 13.0. The van der Waals surface area contributed by atoms with Gasteiger partial charge in [0.2, 0.25) is 0 Å². The van der Waals surface area contributed by atoms with Crippen LogP contribution in [0.1, 0.15) is 78.5 Å². The largest absolute Gasteiger partial charge is 0.490 e. The topological polar surface area (TPSA) is 125 Å². The highest BCUT2D eigenvalue weighted by Gasteiger charge is 2.44. The van der Waals surface area contributed by atoms with Crippen LogP contribution in [0.25, 0.3) is 0 Å². The van der Waals surface area contributed by atoms with Crippen molar-refractivity contribution in [3.05, 3.63) is 40.5 Å². The Hall–Kier alpha value is -3.35. The first-order chi connectivity index (χ1) is 16.2. The molecule has 0 aliphatic heterocycles. The number of ether oxygens (including phenoxy) is 3. The van der Waals surface area contributed by atoms with Crippen LogP contribution in [0.15, 0.2) is 12.4 Å². The molecule has 0 aliphatic rings. The summed E-state index contributed by atoms with van der Waals surface area (Å²) in [5, 5.41) is 6.64. The van der Waals surface area contributed by atoms with Crippen molar-refractivity contribution in [3.63, 3.8) is 0 Å². The molecule has 0 radical (unpaired) electrons. The number of aromatic nitrogens is 3. The molecule has 2 rings (SSSR count). The third-order valence-corrected chi connectivity index (χ3v) is 4.54. The van der Waals surface area contributed by atoms with Crippen molar-refractivity contribution in [1.29, 1.82) is 0 Å². The van der Waals surface area contributed by atoms with Crippen LogP contribution < -0.4 is 5.32 Å². The van der Waals surface area contributed by atoms with Crippen LogP contribution in [0.3, 0.4) is 0 Å². The summed E-state index contributed by atoms with van der Waals surface area (Å²) in [6, 6.07) is 0. The van der Waals surface area contributed by atoms with Crippen molar-refractivity contribution in [1.82, 2.24) is 20.1 Å². The van der Waals surface area contributed by atoms with Gasteiger partial charge < -0.3 is 19.2 Å². The van der Waals surface area contributed by atoms with Gasteiger partial charge in [-0.2, -0.15) is 18.3 Å². The van der Waals surface area contributed by atoms with Crippen molar-refractivity contribution < 1.29 is 41.8 Å². The third kappa shape index (κ3) is 7.31. The molecule has 194 valence electrons. The van der Waals surface area contributed by atoms with E-state index in [2.05, 4.69) is 15.4 Å². The number of H-pyrrole nitrogens is 1. The third-order valence-electron chi connectivity index (χ3n) is 4.54. The van der Waals surface area contributed by atoms with Crippen molar-refractivity contribution in [2.75, 3.05) is 6.61 Å². The van der Waals surface area contributed by atoms with Crippen molar-refractivity contribution in [3.8, 4) is 0 Å². The molecule has 0 aromatic carbocycles. The summed E-state index contributed by atoms with van der Waals surface area (Å²) >= 11 is 0. The molecular weight excluding hydrogens is 473 g/mol. The number of halogens is 3. The number of rotatable bonds is 9. The van der Waals surface area contributed by atoms with Crippen LogP contribution in [0.4, 0.5) is 13.2 Å². The Morgan fingerprint density at radius 1 is 1.17 bits per heavy atom. The molecule has 0 saturated heterocycles. The Morgan fingerprint density at radius 2 is 1.83 bits per heavy atom. The second-order valence-corrected chi connectivity index (χ2v) is 8.53. The Kier molecular flexibility index (Phi) is 8.71. The number of hydrogen-bond donors (Lipinski definition) is 2. The molecule has 0 fully saturated rings. The number of aromatic amines is 1. The number of hydrogen-bond acceptors (Lipinski definition) is 8. The van der Waals surface area contributed by atoms with E-state index < -0.39 is 35.9 Å². The average Bonchev–Trinajstić information content (AvgIpc) is 3.32. The average molecular weight is 502 g/mol. The van der Waals surface area contributed by atoms with E-state index >= 15 is 0 Å². The number of carbonyl (C=O) groups excluding carboxylic acids is 3. The van der Waals surface area contributed by atoms with E-state index in [1.165, 1.54) is 10.9 Å². The van der Waals surface area contributed by atoms with E-state index in [1.807, 2.05) is 0 Å². The standard InChI is InChI=1S/C22H29F3N4O6/c1-7-13-14(18(30)33-8-2)16(28-15(13)19(31)35-21(3,4)5)17(34-20(32)22(23,24)25)26-9-12-10-27-29(6)11-12/h10-11,17,26,28H,7-9H2,1-6H3. The summed E-state index contributed by atoms with van der Waals surface area (Å²) in [5.74, 6) is -4.22. The fraction of sp³-hybridized carbons (Fsp3) is 0.545. The number of esters is 3. The van der Waals surface area contributed by atoms with Gasteiger partial charge in [0.05, 0.1) is 24.1 Å². The zero-order valence-electron chi connectivity index (χ0n) is 20.3. The highest BCUT2D eigenvalue weighted by molar-refractivity contribution is 5.99. The smallest absolute Gasteiger partial charge is 0.462 e. The number of carbonyl (C=O) groups is 3. The predicted molar refractivity (Wildman–Crippen MR) is 116 cm³/mol. The molecule has 0 saturated carbocycles. The minimum absolute atomic E-state index is 0.0372. The summed E-state index contributed by atoms with van der Waals surface area (Å²) in [6.07, 6.45) is -3.90. The molecule has 2 N–H and O–H groups in total. The van der Waals surface area contributed by atoms with Gasteiger partial charge in [-0.05, 0) is 39.7 Å². The lowest BCUT2D eigenvalue weighted by Gasteiger charge is -2.20. The highest BCUT2D eigenvalue weighted by atomic mass is 19.4. The van der Waals surface area contributed by atoms with Gasteiger partial charge >= 0.3 is 24.1 Å². The van der Waals surface area contributed by atoms with Crippen molar-refractivity contribution in [2.24, 2.45) is 7.05 Å². The zero-order valence-corrected chi connectivity index (χ0v) is 20.3. The van der Waals surface area contributed by atoms with Crippen molar-refractivity contribution in [2.45, 2.75) is 65.6 Å². The monoisotopic (exact) mass is 502 g/mol. The lowest BCUT2D eigenvalue weighted by Crippen LogP contribution is -2.34. The predicted octanol–water partition coefficient (Wildman–Crippen LogP) is 3.34. The molecule has 0 amide bonds. The fourth-order valence-electron chi connectivity index (χ4n) is 3.20. The first kappa shape index (κ1) is 27.9. The second kappa shape index (κ2) is 10.9. The molecule has 0 bridgehead atoms. The van der Waals surface area contributed by atoms with Gasteiger partial charge in [-0.3, -0.25) is 10.00 Å². The van der Waals surface area contributed by atoms with Gasteiger partial charge in [0.1, 0.15) is 11.3 Å². The van der Waals surface area contributed by atoms with Crippen LogP contribution in [-0.4, -0.2) is 51.1 Å². The molecule has 1 unspecified atom stereocenters. The van der Waals surface area contributed by atoms with Crippen LogP contribution in [0.2, 0.25) is 0 Å². The minimum atomic E-state index is -5.30. The number of nitrogens with zero attached hydrogens (tertiary/aromatic N) is 2. The van der Waals surface area contributed by atoms with Crippen LogP contribution in [0, 0.1) is 0 Å². The number of alkyl halides is 3.